The van der Waals surface area contributed by atoms with Crippen LogP contribution in [0.2, 0.25) is 0 Å². The summed E-state index contributed by atoms with van der Waals surface area (Å²) in [5.74, 6) is 1.84. The Morgan fingerprint density at radius 3 is 2.77 bits per heavy atom. The van der Waals surface area contributed by atoms with Crippen LogP contribution in [-0.2, 0) is 0 Å². The van der Waals surface area contributed by atoms with E-state index in [1.165, 1.54) is 0 Å². The zero-order valence-corrected chi connectivity index (χ0v) is 13.4. The van der Waals surface area contributed by atoms with Crippen molar-refractivity contribution in [3.63, 3.8) is 0 Å². The first kappa shape index (κ1) is 15.5. The zero-order chi connectivity index (χ0) is 15.4. The summed E-state index contributed by atoms with van der Waals surface area (Å²) in [6.45, 7) is 6.84. The van der Waals surface area contributed by atoms with Gasteiger partial charge in [0.25, 0.3) is 0 Å². The van der Waals surface area contributed by atoms with Gasteiger partial charge in [-0.3, -0.25) is 0 Å². The molecule has 0 bridgehead atoms. The first-order valence-electron chi connectivity index (χ1n) is 8.48. The highest BCUT2D eigenvalue weighted by Gasteiger charge is 2.25. The van der Waals surface area contributed by atoms with Crippen molar-refractivity contribution < 1.29 is 5.11 Å². The lowest BCUT2D eigenvalue weighted by atomic mass is 10.1. The molecule has 0 unspecified atom stereocenters. The van der Waals surface area contributed by atoms with E-state index in [9.17, 15) is 5.11 Å². The van der Waals surface area contributed by atoms with E-state index in [-0.39, 0.29) is 12.6 Å². The van der Waals surface area contributed by atoms with Crippen molar-refractivity contribution in [2.75, 3.05) is 43.0 Å². The molecule has 2 aliphatic rings. The fraction of sp³-hybridized carbons (Fsp3) is 0.750. The summed E-state index contributed by atoms with van der Waals surface area (Å²) in [4.78, 5) is 13.5. The molecule has 1 aromatic rings. The van der Waals surface area contributed by atoms with Crippen molar-refractivity contribution >= 4 is 11.6 Å². The molecule has 0 spiro atoms. The van der Waals surface area contributed by atoms with Gasteiger partial charge < -0.3 is 20.2 Å². The van der Waals surface area contributed by atoms with Gasteiger partial charge in [-0.2, -0.15) is 0 Å². The van der Waals surface area contributed by atoms with Crippen LogP contribution in [0.1, 0.15) is 32.6 Å². The molecule has 0 amide bonds. The van der Waals surface area contributed by atoms with Crippen molar-refractivity contribution in [1.29, 1.82) is 0 Å². The number of piperidine rings is 1. The minimum absolute atomic E-state index is 0.197. The quantitative estimate of drug-likeness (QED) is 0.856. The van der Waals surface area contributed by atoms with Crippen molar-refractivity contribution in [3.8, 4) is 0 Å². The van der Waals surface area contributed by atoms with E-state index in [1.807, 2.05) is 6.07 Å². The number of aliphatic hydroxyl groups is 1. The maximum absolute atomic E-state index is 9.47. The Bertz CT molecular complexity index is 475. The van der Waals surface area contributed by atoms with Crippen LogP contribution in [-0.4, -0.2) is 64.8 Å². The van der Waals surface area contributed by atoms with Crippen LogP contribution in [0.4, 0.5) is 11.6 Å². The Balaban J connectivity index is 1.62. The minimum Gasteiger partial charge on any atom is -0.394 e. The molecule has 2 aliphatic heterocycles. The molecule has 3 rings (SSSR count). The second-order valence-electron chi connectivity index (χ2n) is 6.29. The molecule has 1 atom stereocenters. The molecule has 0 saturated carbocycles. The van der Waals surface area contributed by atoms with Gasteiger partial charge in [0.15, 0.2) is 0 Å². The third-order valence-electron chi connectivity index (χ3n) is 4.92. The van der Waals surface area contributed by atoms with Gasteiger partial charge in [0, 0.05) is 31.7 Å². The smallest absolute Gasteiger partial charge is 0.134 e. The zero-order valence-electron chi connectivity index (χ0n) is 13.4. The molecule has 0 radical (unpaired) electrons. The lowest BCUT2D eigenvalue weighted by Crippen LogP contribution is -2.39. The SMILES string of the molecule is CCN1CCC(Nc2cc(N3CCC[C@@H]3CO)ncn2)CC1. The van der Waals surface area contributed by atoms with E-state index < -0.39 is 0 Å². The van der Waals surface area contributed by atoms with Crippen LogP contribution in [0.15, 0.2) is 12.4 Å². The van der Waals surface area contributed by atoms with Gasteiger partial charge in [-0.15, -0.1) is 0 Å². The number of hydrogen-bond acceptors (Lipinski definition) is 6. The molecule has 2 N–H and O–H groups in total. The van der Waals surface area contributed by atoms with Crippen LogP contribution in [0.25, 0.3) is 0 Å². The number of nitrogens with one attached hydrogen (secondary N) is 1. The molecule has 6 nitrogen and oxygen atoms in total. The van der Waals surface area contributed by atoms with Gasteiger partial charge in [0.2, 0.25) is 0 Å². The summed E-state index contributed by atoms with van der Waals surface area (Å²) in [6, 6.07) is 2.73. The summed E-state index contributed by atoms with van der Waals surface area (Å²) in [7, 11) is 0. The Morgan fingerprint density at radius 1 is 1.23 bits per heavy atom. The number of rotatable bonds is 5. The fourth-order valence-electron chi connectivity index (χ4n) is 3.51. The van der Waals surface area contributed by atoms with E-state index in [4.69, 9.17) is 0 Å². The lowest BCUT2D eigenvalue weighted by molar-refractivity contribution is 0.229. The topological polar surface area (TPSA) is 64.5 Å². The van der Waals surface area contributed by atoms with Gasteiger partial charge in [-0.05, 0) is 32.2 Å². The first-order chi connectivity index (χ1) is 10.8. The van der Waals surface area contributed by atoms with E-state index in [0.29, 0.717) is 6.04 Å². The molecule has 0 aromatic carbocycles. The lowest BCUT2D eigenvalue weighted by Gasteiger charge is -2.32. The number of hydrogen-bond donors (Lipinski definition) is 2. The number of aliphatic hydroxyl groups excluding tert-OH is 1. The van der Waals surface area contributed by atoms with Crippen molar-refractivity contribution in [2.45, 2.75) is 44.7 Å². The number of nitrogens with zero attached hydrogens (tertiary/aromatic N) is 4. The Labute approximate surface area is 132 Å². The van der Waals surface area contributed by atoms with E-state index in [1.54, 1.807) is 6.33 Å². The van der Waals surface area contributed by atoms with Crippen molar-refractivity contribution in [3.05, 3.63) is 12.4 Å². The number of anilines is 2. The molecule has 3 heterocycles. The Hall–Kier alpha value is -1.40. The third kappa shape index (κ3) is 3.50. The minimum atomic E-state index is 0.197. The predicted molar refractivity (Wildman–Crippen MR) is 88.2 cm³/mol. The van der Waals surface area contributed by atoms with Gasteiger partial charge in [0.1, 0.15) is 18.0 Å². The average molecular weight is 305 g/mol. The third-order valence-corrected chi connectivity index (χ3v) is 4.92. The van der Waals surface area contributed by atoms with E-state index in [0.717, 1.165) is 63.5 Å². The van der Waals surface area contributed by atoms with Gasteiger partial charge in [-0.25, -0.2) is 9.97 Å². The van der Waals surface area contributed by atoms with Crippen LogP contribution in [0, 0.1) is 0 Å². The monoisotopic (exact) mass is 305 g/mol. The van der Waals surface area contributed by atoms with Gasteiger partial charge in [-0.1, -0.05) is 6.92 Å². The fourth-order valence-corrected chi connectivity index (χ4v) is 3.51. The van der Waals surface area contributed by atoms with Gasteiger partial charge >= 0.3 is 0 Å². The predicted octanol–water partition coefficient (Wildman–Crippen LogP) is 1.33. The van der Waals surface area contributed by atoms with Gasteiger partial charge in [0.05, 0.1) is 12.6 Å². The maximum Gasteiger partial charge on any atom is 0.134 e. The number of aromatic nitrogens is 2. The first-order valence-corrected chi connectivity index (χ1v) is 8.48. The van der Waals surface area contributed by atoms with Crippen LogP contribution < -0.4 is 10.2 Å². The standard InChI is InChI=1S/C16H27N5O/c1-2-20-8-5-13(6-9-20)19-15-10-16(18-12-17-15)21-7-3-4-14(21)11-22/h10,12-14,22H,2-9,11H2,1H3,(H,17,18,19)/t14-/m1/s1. The van der Waals surface area contributed by atoms with E-state index in [2.05, 4.69) is 32.0 Å². The maximum atomic E-state index is 9.47. The molecular formula is C16H27N5O. The summed E-state index contributed by atoms with van der Waals surface area (Å²) < 4.78 is 0. The molecule has 6 heteroatoms. The molecule has 122 valence electrons. The summed E-state index contributed by atoms with van der Waals surface area (Å²) in [5.41, 5.74) is 0. The summed E-state index contributed by atoms with van der Waals surface area (Å²) in [5, 5.41) is 13.0. The molecule has 22 heavy (non-hydrogen) atoms. The van der Waals surface area contributed by atoms with Crippen LogP contribution in [0.3, 0.4) is 0 Å². The molecule has 2 fully saturated rings. The highest BCUT2D eigenvalue weighted by molar-refractivity contribution is 5.50. The Kier molecular flexibility index (Phi) is 5.10. The molecule has 1 aromatic heterocycles. The highest BCUT2D eigenvalue weighted by Crippen LogP contribution is 2.25. The molecule has 2 saturated heterocycles. The van der Waals surface area contributed by atoms with Crippen LogP contribution >= 0.6 is 0 Å². The second kappa shape index (κ2) is 7.24. The largest absolute Gasteiger partial charge is 0.394 e. The van der Waals surface area contributed by atoms with Crippen molar-refractivity contribution in [1.82, 2.24) is 14.9 Å². The van der Waals surface area contributed by atoms with Crippen LogP contribution in [0.5, 0.6) is 0 Å². The Morgan fingerprint density at radius 2 is 2.05 bits per heavy atom. The molecule has 0 aliphatic carbocycles. The van der Waals surface area contributed by atoms with Crippen molar-refractivity contribution in [2.24, 2.45) is 0 Å². The normalized spacial score (nSPS) is 23.9. The summed E-state index contributed by atoms with van der Waals surface area (Å²) >= 11 is 0. The molecular weight excluding hydrogens is 278 g/mol. The number of likely N-dealkylation sites (tertiary alicyclic amines) is 1. The second-order valence-corrected chi connectivity index (χ2v) is 6.29. The highest BCUT2D eigenvalue weighted by atomic mass is 16.3. The average Bonchev–Trinajstić information content (AvgIpc) is 3.04. The van der Waals surface area contributed by atoms with E-state index >= 15 is 0 Å². The summed E-state index contributed by atoms with van der Waals surface area (Å²) in [6.07, 6.45) is 6.12.